The molecule has 16 heavy (non-hydrogen) atoms. The molecule has 0 amide bonds. The van der Waals surface area contributed by atoms with Crippen molar-refractivity contribution >= 4 is 5.84 Å². The van der Waals surface area contributed by atoms with Crippen molar-refractivity contribution in [2.45, 2.75) is 32.4 Å². The average molecular weight is 222 g/mol. The molecule has 0 aliphatic carbocycles. The van der Waals surface area contributed by atoms with Gasteiger partial charge >= 0.3 is 0 Å². The second kappa shape index (κ2) is 6.07. The summed E-state index contributed by atoms with van der Waals surface area (Å²) < 4.78 is 0. The molecule has 0 aromatic carbocycles. The molecular weight excluding hydrogens is 204 g/mol. The third-order valence-electron chi connectivity index (χ3n) is 2.36. The first-order valence-electron chi connectivity index (χ1n) is 5.26. The number of hydrogen-bond acceptors (Lipinski definition) is 4. The zero-order valence-electron chi connectivity index (χ0n) is 9.59. The van der Waals surface area contributed by atoms with Crippen LogP contribution in [-0.2, 0) is 0 Å². The van der Waals surface area contributed by atoms with Gasteiger partial charge in [-0.1, -0.05) is 11.2 Å². The highest BCUT2D eigenvalue weighted by molar-refractivity contribution is 5.80. The van der Waals surface area contributed by atoms with Crippen molar-refractivity contribution in [1.29, 1.82) is 0 Å². The fraction of sp³-hybridized carbons (Fsp3) is 0.455. The van der Waals surface area contributed by atoms with Gasteiger partial charge in [-0.15, -0.1) is 0 Å². The number of nitrogens with zero attached hydrogens (tertiary/aromatic N) is 2. The summed E-state index contributed by atoms with van der Waals surface area (Å²) in [6.45, 7) is 4.05. The van der Waals surface area contributed by atoms with Crippen LogP contribution in [0.4, 0.5) is 0 Å². The number of oxime groups is 1. The van der Waals surface area contributed by atoms with E-state index in [1.165, 1.54) is 0 Å². The van der Waals surface area contributed by atoms with Crippen LogP contribution < -0.4 is 11.1 Å². The highest BCUT2D eigenvalue weighted by atomic mass is 16.4. The lowest BCUT2D eigenvalue weighted by atomic mass is 10.1. The molecule has 1 heterocycles. The summed E-state index contributed by atoms with van der Waals surface area (Å²) in [5.41, 5.74) is 6.56. The molecule has 1 aromatic heterocycles. The van der Waals surface area contributed by atoms with E-state index in [0.717, 1.165) is 5.56 Å². The van der Waals surface area contributed by atoms with Crippen LogP contribution in [0, 0.1) is 0 Å². The molecule has 4 N–H and O–H groups in total. The van der Waals surface area contributed by atoms with Gasteiger partial charge in [0.05, 0.1) is 0 Å². The Bertz CT molecular complexity index is 339. The van der Waals surface area contributed by atoms with Crippen LogP contribution in [0.1, 0.15) is 31.9 Å². The van der Waals surface area contributed by atoms with Crippen molar-refractivity contribution in [3.05, 3.63) is 30.1 Å². The van der Waals surface area contributed by atoms with Gasteiger partial charge in [0.15, 0.2) is 0 Å². The summed E-state index contributed by atoms with van der Waals surface area (Å²) in [6.07, 6.45) is 4.09. The first-order chi connectivity index (χ1) is 7.63. The van der Waals surface area contributed by atoms with E-state index in [4.69, 9.17) is 10.9 Å². The molecule has 0 radical (unpaired) electrons. The minimum absolute atomic E-state index is 0.145. The molecule has 0 fully saturated rings. The number of aromatic nitrogens is 1. The van der Waals surface area contributed by atoms with Crippen molar-refractivity contribution in [2.75, 3.05) is 0 Å². The van der Waals surface area contributed by atoms with E-state index in [0.29, 0.717) is 6.42 Å². The third kappa shape index (κ3) is 3.86. The first-order valence-corrected chi connectivity index (χ1v) is 5.26. The van der Waals surface area contributed by atoms with Crippen LogP contribution >= 0.6 is 0 Å². The molecule has 0 spiro atoms. The quantitative estimate of drug-likeness (QED) is 0.303. The lowest BCUT2D eigenvalue weighted by Gasteiger charge is -2.19. The minimum atomic E-state index is 0.145. The molecule has 2 atom stereocenters. The Balaban J connectivity index is 2.48. The van der Waals surface area contributed by atoms with Gasteiger partial charge in [0.1, 0.15) is 5.84 Å². The Morgan fingerprint density at radius 2 is 2.38 bits per heavy atom. The lowest BCUT2D eigenvalue weighted by molar-refractivity contribution is 0.315. The maximum absolute atomic E-state index is 8.46. The Morgan fingerprint density at radius 1 is 1.62 bits per heavy atom. The third-order valence-corrected chi connectivity index (χ3v) is 2.36. The highest BCUT2D eigenvalue weighted by Crippen LogP contribution is 2.11. The van der Waals surface area contributed by atoms with Crippen LogP contribution in [0.15, 0.2) is 29.7 Å². The fourth-order valence-electron chi connectivity index (χ4n) is 1.57. The molecule has 1 aromatic rings. The van der Waals surface area contributed by atoms with E-state index in [1.807, 2.05) is 25.3 Å². The molecule has 0 aliphatic rings. The summed E-state index contributed by atoms with van der Waals surface area (Å²) in [4.78, 5) is 4.06. The van der Waals surface area contributed by atoms with Gasteiger partial charge in [-0.2, -0.15) is 0 Å². The molecule has 0 saturated carbocycles. The first kappa shape index (κ1) is 12.4. The smallest absolute Gasteiger partial charge is 0.140 e. The van der Waals surface area contributed by atoms with Gasteiger partial charge < -0.3 is 16.3 Å². The second-order valence-electron chi connectivity index (χ2n) is 3.87. The van der Waals surface area contributed by atoms with Gasteiger partial charge in [0, 0.05) is 30.9 Å². The molecule has 88 valence electrons. The largest absolute Gasteiger partial charge is 0.409 e. The number of hydrogen-bond donors (Lipinski definition) is 3. The normalized spacial score (nSPS) is 15.8. The van der Waals surface area contributed by atoms with Crippen LogP contribution in [-0.4, -0.2) is 22.1 Å². The summed E-state index contributed by atoms with van der Waals surface area (Å²) >= 11 is 0. The van der Waals surface area contributed by atoms with Crippen molar-refractivity contribution in [2.24, 2.45) is 10.9 Å². The summed E-state index contributed by atoms with van der Waals surface area (Å²) in [7, 11) is 0. The molecule has 5 nitrogen and oxygen atoms in total. The number of pyridine rings is 1. The summed E-state index contributed by atoms with van der Waals surface area (Å²) in [6, 6.07) is 4.25. The predicted molar refractivity (Wildman–Crippen MR) is 63.3 cm³/mol. The van der Waals surface area contributed by atoms with E-state index in [1.54, 1.807) is 6.20 Å². The number of amidine groups is 1. The number of nitrogens with one attached hydrogen (secondary N) is 1. The van der Waals surface area contributed by atoms with Gasteiger partial charge in [-0.3, -0.25) is 4.98 Å². The number of rotatable bonds is 5. The molecule has 1 rings (SSSR count). The van der Waals surface area contributed by atoms with Crippen molar-refractivity contribution in [3.63, 3.8) is 0 Å². The monoisotopic (exact) mass is 222 g/mol. The topological polar surface area (TPSA) is 83.5 Å². The minimum Gasteiger partial charge on any atom is -0.409 e. The van der Waals surface area contributed by atoms with E-state index in [-0.39, 0.29) is 17.9 Å². The van der Waals surface area contributed by atoms with E-state index in [2.05, 4.69) is 22.4 Å². The molecule has 0 saturated heterocycles. The average Bonchev–Trinajstić information content (AvgIpc) is 2.29. The SMILES string of the molecule is CC(C/C(N)=N/O)N[C@@H](C)c1cccnc1. The Kier molecular flexibility index (Phi) is 4.72. The number of nitrogens with two attached hydrogens (primary N) is 1. The fourth-order valence-corrected chi connectivity index (χ4v) is 1.57. The van der Waals surface area contributed by atoms with Crippen LogP contribution in [0.3, 0.4) is 0 Å². The van der Waals surface area contributed by atoms with Gasteiger partial charge in [-0.05, 0) is 25.5 Å². The van der Waals surface area contributed by atoms with Gasteiger partial charge in [0.25, 0.3) is 0 Å². The zero-order chi connectivity index (χ0) is 12.0. The van der Waals surface area contributed by atoms with Crippen LogP contribution in [0.25, 0.3) is 0 Å². The Hall–Kier alpha value is -1.62. The predicted octanol–water partition coefficient (Wildman–Crippen LogP) is 1.26. The van der Waals surface area contributed by atoms with E-state index < -0.39 is 0 Å². The zero-order valence-corrected chi connectivity index (χ0v) is 9.59. The standard InChI is InChI=1S/C11H18N4O/c1-8(6-11(12)15-16)14-9(2)10-4-3-5-13-7-10/h3-5,7-9,14,16H,6H2,1-2H3,(H2,12,15)/t8?,9-/m0/s1. The van der Waals surface area contributed by atoms with Crippen molar-refractivity contribution in [3.8, 4) is 0 Å². The molecule has 0 bridgehead atoms. The Morgan fingerprint density at radius 3 is 2.94 bits per heavy atom. The van der Waals surface area contributed by atoms with Crippen molar-refractivity contribution in [1.82, 2.24) is 10.3 Å². The van der Waals surface area contributed by atoms with Gasteiger partial charge in [-0.25, -0.2) is 0 Å². The van der Waals surface area contributed by atoms with Crippen LogP contribution in [0.5, 0.6) is 0 Å². The van der Waals surface area contributed by atoms with E-state index in [9.17, 15) is 0 Å². The van der Waals surface area contributed by atoms with Crippen molar-refractivity contribution < 1.29 is 5.21 Å². The van der Waals surface area contributed by atoms with Crippen LogP contribution in [0.2, 0.25) is 0 Å². The molecule has 5 heteroatoms. The highest BCUT2D eigenvalue weighted by Gasteiger charge is 2.10. The lowest BCUT2D eigenvalue weighted by Crippen LogP contribution is -2.33. The molecule has 1 unspecified atom stereocenters. The Labute approximate surface area is 95.4 Å². The maximum Gasteiger partial charge on any atom is 0.140 e. The second-order valence-corrected chi connectivity index (χ2v) is 3.87. The van der Waals surface area contributed by atoms with E-state index >= 15 is 0 Å². The van der Waals surface area contributed by atoms with Gasteiger partial charge in [0.2, 0.25) is 0 Å². The molecular formula is C11H18N4O. The maximum atomic E-state index is 8.46. The summed E-state index contributed by atoms with van der Waals surface area (Å²) in [5.74, 6) is 0.235. The molecule has 0 aliphatic heterocycles. The summed E-state index contributed by atoms with van der Waals surface area (Å²) in [5, 5.41) is 14.8.